The molecule has 10 heteroatoms. The smallest absolute Gasteiger partial charge is 0.326 e. The summed E-state index contributed by atoms with van der Waals surface area (Å²) < 4.78 is 35.2. The van der Waals surface area contributed by atoms with Crippen molar-refractivity contribution in [2.45, 2.75) is 63.9 Å². The van der Waals surface area contributed by atoms with E-state index < -0.39 is 27.8 Å². The van der Waals surface area contributed by atoms with Gasteiger partial charge in [0.05, 0.1) is 25.1 Å². The lowest BCUT2D eigenvalue weighted by Crippen LogP contribution is -2.42. The molecule has 3 aromatic rings. The van der Waals surface area contributed by atoms with Crippen molar-refractivity contribution in [1.29, 1.82) is 0 Å². The van der Waals surface area contributed by atoms with Crippen LogP contribution in [0.4, 0.5) is 0 Å². The van der Waals surface area contributed by atoms with Crippen molar-refractivity contribution in [3.05, 3.63) is 95.1 Å². The highest BCUT2D eigenvalue weighted by molar-refractivity contribution is 7.90. The Morgan fingerprint density at radius 3 is 2.40 bits per heavy atom. The molecular formula is C35H44N2O7S. The molecule has 0 radical (unpaired) electrons. The average molecular weight is 637 g/mol. The lowest BCUT2D eigenvalue weighted by molar-refractivity contribution is -0.139. The Hall–Kier alpha value is -3.57. The maximum Gasteiger partial charge on any atom is 0.326 e. The molecule has 1 aliphatic heterocycles. The second-order valence-corrected chi connectivity index (χ2v) is 14.1. The van der Waals surface area contributed by atoms with E-state index in [4.69, 9.17) is 9.47 Å². The van der Waals surface area contributed by atoms with Crippen LogP contribution < -0.4 is 5.32 Å². The van der Waals surface area contributed by atoms with Crippen molar-refractivity contribution in [2.75, 3.05) is 32.3 Å². The average Bonchev–Trinajstić information content (AvgIpc) is 3.20. The van der Waals surface area contributed by atoms with Gasteiger partial charge in [-0.2, -0.15) is 0 Å². The van der Waals surface area contributed by atoms with E-state index in [0.717, 1.165) is 54.3 Å². The van der Waals surface area contributed by atoms with Crippen molar-refractivity contribution in [3.8, 4) is 11.1 Å². The number of amides is 1. The van der Waals surface area contributed by atoms with Gasteiger partial charge in [0.25, 0.3) is 5.91 Å². The van der Waals surface area contributed by atoms with E-state index in [9.17, 15) is 23.1 Å². The van der Waals surface area contributed by atoms with E-state index >= 15 is 0 Å². The molecule has 0 bridgehead atoms. The standard InChI is InChI=1S/C35H44N2O7S/c1-25-9-7-8-12-30(25)32-21-27(13-16-31(32)34(38)36-33(35(39)40)18-20-45(3,41)42)22-37-19-17-29(15-14-28(37)24-43-2)44-23-26-10-5-4-6-11-26/h4-13,16,21,28-29,33H,14-15,17-20,22-24H2,1-3H3,(H,36,38)(H,39,40)/t28-,29?,33-/m0/s1. The highest BCUT2D eigenvalue weighted by Crippen LogP contribution is 2.30. The van der Waals surface area contributed by atoms with Crippen molar-refractivity contribution in [3.63, 3.8) is 0 Å². The topological polar surface area (TPSA) is 122 Å². The van der Waals surface area contributed by atoms with Gasteiger partial charge in [0.15, 0.2) is 0 Å². The van der Waals surface area contributed by atoms with Crippen LogP contribution in [0.3, 0.4) is 0 Å². The van der Waals surface area contributed by atoms with Crippen LogP contribution in [0, 0.1) is 6.92 Å². The predicted octanol–water partition coefficient (Wildman–Crippen LogP) is 4.87. The number of aryl methyl sites for hydroxylation is 1. The van der Waals surface area contributed by atoms with Crippen LogP contribution in [0.25, 0.3) is 11.1 Å². The van der Waals surface area contributed by atoms with Gasteiger partial charge in [-0.25, -0.2) is 13.2 Å². The Morgan fingerprint density at radius 1 is 0.978 bits per heavy atom. The number of hydrogen-bond acceptors (Lipinski definition) is 7. The summed E-state index contributed by atoms with van der Waals surface area (Å²) in [6.45, 7) is 4.62. The Labute approximate surface area is 266 Å². The molecule has 1 heterocycles. The lowest BCUT2D eigenvalue weighted by Gasteiger charge is -2.29. The van der Waals surface area contributed by atoms with Crippen LogP contribution in [0.1, 0.15) is 52.7 Å². The summed E-state index contributed by atoms with van der Waals surface area (Å²) in [5.41, 5.74) is 5.04. The zero-order valence-corrected chi connectivity index (χ0v) is 27.1. The number of methoxy groups -OCH3 is 1. The molecule has 9 nitrogen and oxygen atoms in total. The Morgan fingerprint density at radius 2 is 1.71 bits per heavy atom. The number of carboxylic acid groups (broad SMARTS) is 1. The molecule has 3 aromatic carbocycles. The fourth-order valence-corrected chi connectivity index (χ4v) is 6.45. The maximum atomic E-state index is 13.5. The van der Waals surface area contributed by atoms with E-state index in [0.29, 0.717) is 30.9 Å². The highest BCUT2D eigenvalue weighted by atomic mass is 32.2. The molecule has 4 rings (SSSR count). The number of sulfone groups is 1. The summed E-state index contributed by atoms with van der Waals surface area (Å²) in [5, 5.41) is 12.2. The normalized spacial score (nSPS) is 18.2. The Balaban J connectivity index is 1.56. The fraction of sp³-hybridized carbons (Fsp3) is 0.429. The zero-order chi connectivity index (χ0) is 32.4. The molecule has 0 aliphatic carbocycles. The van der Waals surface area contributed by atoms with Gasteiger partial charge in [-0.3, -0.25) is 9.69 Å². The molecule has 0 aromatic heterocycles. The van der Waals surface area contributed by atoms with E-state index in [1.165, 1.54) is 0 Å². The van der Waals surface area contributed by atoms with E-state index in [2.05, 4.69) is 22.3 Å². The van der Waals surface area contributed by atoms with Gasteiger partial charge in [-0.15, -0.1) is 0 Å². The van der Waals surface area contributed by atoms with E-state index in [1.807, 2.05) is 61.5 Å². The molecule has 0 saturated carbocycles. The highest BCUT2D eigenvalue weighted by Gasteiger charge is 2.27. The molecule has 45 heavy (non-hydrogen) atoms. The Kier molecular flexibility index (Phi) is 12.3. The summed E-state index contributed by atoms with van der Waals surface area (Å²) in [4.78, 5) is 27.8. The minimum atomic E-state index is -3.40. The van der Waals surface area contributed by atoms with Crippen molar-refractivity contribution in [2.24, 2.45) is 0 Å². The molecule has 0 spiro atoms. The number of benzene rings is 3. The van der Waals surface area contributed by atoms with E-state index in [-0.39, 0.29) is 24.3 Å². The van der Waals surface area contributed by atoms with Gasteiger partial charge >= 0.3 is 5.97 Å². The summed E-state index contributed by atoms with van der Waals surface area (Å²) in [6, 6.07) is 22.4. The largest absolute Gasteiger partial charge is 0.480 e. The third kappa shape index (κ3) is 10.2. The number of carboxylic acids is 1. The van der Waals surface area contributed by atoms with Gasteiger partial charge in [0.2, 0.25) is 0 Å². The molecule has 3 atom stereocenters. The summed E-state index contributed by atoms with van der Waals surface area (Å²) in [5.74, 6) is -2.19. The quantitative estimate of drug-likeness (QED) is 0.257. The Bertz CT molecular complexity index is 1540. The third-order valence-electron chi connectivity index (χ3n) is 8.29. The summed E-state index contributed by atoms with van der Waals surface area (Å²) in [7, 11) is -1.68. The second kappa shape index (κ2) is 16.1. The molecule has 1 unspecified atom stereocenters. The monoisotopic (exact) mass is 636 g/mol. The van der Waals surface area contributed by atoms with Gasteiger partial charge in [0.1, 0.15) is 15.9 Å². The zero-order valence-electron chi connectivity index (χ0n) is 26.3. The molecule has 1 saturated heterocycles. The van der Waals surface area contributed by atoms with Crippen molar-refractivity contribution < 1.29 is 32.6 Å². The first-order chi connectivity index (χ1) is 21.5. The molecule has 2 N–H and O–H groups in total. The molecule has 1 fully saturated rings. The lowest BCUT2D eigenvalue weighted by atomic mass is 9.93. The molecular weight excluding hydrogens is 592 g/mol. The van der Waals surface area contributed by atoms with Crippen LogP contribution >= 0.6 is 0 Å². The molecule has 1 amide bonds. The number of carbonyl (C=O) groups excluding carboxylic acids is 1. The van der Waals surface area contributed by atoms with Gasteiger partial charge in [0, 0.05) is 38.1 Å². The van der Waals surface area contributed by atoms with Gasteiger partial charge < -0.3 is 19.9 Å². The number of aliphatic carboxylic acids is 1. The minimum Gasteiger partial charge on any atom is -0.480 e. The van der Waals surface area contributed by atoms with Crippen LogP contribution in [0.5, 0.6) is 0 Å². The third-order valence-corrected chi connectivity index (χ3v) is 9.27. The van der Waals surface area contributed by atoms with Crippen molar-refractivity contribution >= 4 is 21.7 Å². The number of carbonyl (C=O) groups is 2. The fourth-order valence-electron chi connectivity index (χ4n) is 5.79. The van der Waals surface area contributed by atoms with Crippen LogP contribution in [0.15, 0.2) is 72.8 Å². The number of nitrogens with zero attached hydrogens (tertiary/aromatic N) is 1. The summed E-state index contributed by atoms with van der Waals surface area (Å²) >= 11 is 0. The van der Waals surface area contributed by atoms with E-state index in [1.54, 1.807) is 13.2 Å². The number of ether oxygens (including phenoxy) is 2. The number of likely N-dealkylation sites (tertiary alicyclic amines) is 1. The molecule has 1 aliphatic rings. The second-order valence-electron chi connectivity index (χ2n) is 11.8. The number of hydrogen-bond donors (Lipinski definition) is 2. The van der Waals surface area contributed by atoms with Crippen LogP contribution in [0.2, 0.25) is 0 Å². The van der Waals surface area contributed by atoms with Gasteiger partial charge in [-0.1, -0.05) is 60.7 Å². The number of rotatable bonds is 14. The van der Waals surface area contributed by atoms with Crippen LogP contribution in [-0.2, 0) is 37.3 Å². The predicted molar refractivity (Wildman–Crippen MR) is 175 cm³/mol. The maximum absolute atomic E-state index is 13.5. The first kappa shape index (κ1) is 34.3. The van der Waals surface area contributed by atoms with Gasteiger partial charge in [-0.05, 0) is 72.6 Å². The first-order valence-corrected chi connectivity index (χ1v) is 17.4. The van der Waals surface area contributed by atoms with Crippen LogP contribution in [-0.4, -0.2) is 80.8 Å². The van der Waals surface area contributed by atoms with Crippen molar-refractivity contribution in [1.82, 2.24) is 10.2 Å². The minimum absolute atomic E-state index is 0.146. The summed E-state index contributed by atoms with van der Waals surface area (Å²) in [6.07, 6.45) is 3.74. The number of nitrogens with one attached hydrogen (secondary N) is 1. The first-order valence-electron chi connectivity index (χ1n) is 15.3. The SMILES string of the molecule is COC[C@@H]1CCC(OCc2ccccc2)CCN1Cc1ccc(C(=O)N[C@@H](CCS(C)(=O)=O)C(=O)O)c(-c2ccccc2C)c1. The molecule has 242 valence electrons.